The van der Waals surface area contributed by atoms with Crippen molar-refractivity contribution in [2.24, 2.45) is 0 Å². The predicted octanol–water partition coefficient (Wildman–Crippen LogP) is 3.27. The predicted molar refractivity (Wildman–Crippen MR) is 76.9 cm³/mol. The molecule has 0 aliphatic heterocycles. The van der Waals surface area contributed by atoms with Gasteiger partial charge < -0.3 is 14.5 Å². The van der Waals surface area contributed by atoms with Gasteiger partial charge in [-0.15, -0.1) is 0 Å². The Morgan fingerprint density at radius 2 is 2.05 bits per heavy atom. The Morgan fingerprint density at radius 1 is 1.26 bits per heavy atom. The fraction of sp³-hybridized carbons (Fsp3) is 0.286. The second-order valence-electron chi connectivity index (χ2n) is 4.19. The first-order valence-corrected chi connectivity index (χ1v) is 6.29. The van der Waals surface area contributed by atoms with E-state index in [2.05, 4.69) is 9.97 Å². The van der Waals surface area contributed by atoms with Gasteiger partial charge in [0.25, 0.3) is 0 Å². The molecule has 1 N–H and O–H groups in total. The zero-order valence-electron chi connectivity index (χ0n) is 11.2. The summed E-state index contributed by atoms with van der Waals surface area (Å²) in [4.78, 5) is 7.46. The van der Waals surface area contributed by atoms with Crippen LogP contribution in [0, 0.1) is 11.6 Å². The third-order valence-corrected chi connectivity index (χ3v) is 3.01. The molecule has 2 rings (SSSR count). The molecule has 1 heterocycles. The first-order chi connectivity index (χ1) is 9.13. The summed E-state index contributed by atoms with van der Waals surface area (Å²) in [5.74, 6) is 1.56. The molecule has 0 radical (unpaired) electrons. The van der Waals surface area contributed by atoms with Crippen LogP contribution < -0.4 is 4.74 Å². The van der Waals surface area contributed by atoms with Crippen LogP contribution >= 0.6 is 12.2 Å². The van der Waals surface area contributed by atoms with E-state index in [1.807, 2.05) is 31.2 Å². The van der Waals surface area contributed by atoms with E-state index in [9.17, 15) is 0 Å². The van der Waals surface area contributed by atoms with Crippen LogP contribution in [0.3, 0.4) is 0 Å². The summed E-state index contributed by atoms with van der Waals surface area (Å²) in [5, 5.41) is 0. The molecule has 0 unspecified atom stereocenters. The van der Waals surface area contributed by atoms with Crippen molar-refractivity contribution < 1.29 is 9.47 Å². The van der Waals surface area contributed by atoms with Crippen LogP contribution in [0.15, 0.2) is 24.3 Å². The molecule has 1 aromatic carbocycles. The van der Waals surface area contributed by atoms with Crippen molar-refractivity contribution in [2.45, 2.75) is 13.5 Å². The molecule has 5 heteroatoms. The second kappa shape index (κ2) is 5.95. The largest absolute Gasteiger partial charge is 0.497 e. The number of hydrogen-bond acceptors (Lipinski definition) is 4. The number of aromatic nitrogens is 2. The molecular weight excluding hydrogens is 260 g/mol. The van der Waals surface area contributed by atoms with Crippen molar-refractivity contribution >= 4 is 12.2 Å². The molecule has 0 saturated carbocycles. The molecule has 0 bridgehead atoms. The van der Waals surface area contributed by atoms with Gasteiger partial charge in [-0.3, -0.25) is 0 Å². The number of aryl methyl sites for hydroxylation is 1. The molecule has 0 spiro atoms. The van der Waals surface area contributed by atoms with Gasteiger partial charge in [0.1, 0.15) is 22.8 Å². The maximum Gasteiger partial charge on any atom is 0.134 e. The summed E-state index contributed by atoms with van der Waals surface area (Å²) in [6.07, 6.45) is 0. The van der Waals surface area contributed by atoms with Crippen LogP contribution in [0.4, 0.5) is 0 Å². The SMILES string of the molecule is COCc1nc(=S)cc(-c2ccc(OC)cc2C)[nH]1. The monoisotopic (exact) mass is 276 g/mol. The lowest BCUT2D eigenvalue weighted by atomic mass is 10.1. The first-order valence-electron chi connectivity index (χ1n) is 5.88. The van der Waals surface area contributed by atoms with Crippen LogP contribution in [-0.2, 0) is 11.3 Å². The molecule has 0 amide bonds. The maximum absolute atomic E-state index is 5.21. The standard InChI is InChI=1S/C14H16N2O2S/c1-9-6-10(18-3)4-5-11(9)12-7-14(19)16-13(15-12)8-17-2/h4-7H,8H2,1-3H3,(H,15,16,19). The van der Waals surface area contributed by atoms with Gasteiger partial charge in [-0.1, -0.05) is 12.2 Å². The van der Waals surface area contributed by atoms with E-state index >= 15 is 0 Å². The number of rotatable bonds is 4. The Balaban J connectivity index is 2.49. The summed E-state index contributed by atoms with van der Waals surface area (Å²) in [5.41, 5.74) is 3.12. The fourth-order valence-electron chi connectivity index (χ4n) is 1.92. The molecule has 0 saturated heterocycles. The minimum Gasteiger partial charge on any atom is -0.497 e. The van der Waals surface area contributed by atoms with Gasteiger partial charge in [0.05, 0.1) is 12.8 Å². The number of benzene rings is 1. The topological polar surface area (TPSA) is 47.1 Å². The van der Waals surface area contributed by atoms with Crippen LogP contribution in [0.25, 0.3) is 11.3 Å². The third kappa shape index (κ3) is 3.19. The molecule has 19 heavy (non-hydrogen) atoms. The van der Waals surface area contributed by atoms with Crippen molar-refractivity contribution in [3.63, 3.8) is 0 Å². The normalized spacial score (nSPS) is 10.5. The smallest absolute Gasteiger partial charge is 0.134 e. The average molecular weight is 276 g/mol. The number of methoxy groups -OCH3 is 2. The molecule has 0 aliphatic carbocycles. The van der Waals surface area contributed by atoms with Gasteiger partial charge in [-0.05, 0) is 36.8 Å². The van der Waals surface area contributed by atoms with E-state index in [0.29, 0.717) is 11.2 Å². The number of hydrogen-bond donors (Lipinski definition) is 1. The van der Waals surface area contributed by atoms with Crippen LogP contribution in [0.2, 0.25) is 0 Å². The quantitative estimate of drug-likeness (QED) is 0.871. The van der Waals surface area contributed by atoms with Crippen molar-refractivity contribution in [3.8, 4) is 17.0 Å². The zero-order valence-corrected chi connectivity index (χ0v) is 12.0. The van der Waals surface area contributed by atoms with E-state index in [0.717, 1.165) is 28.4 Å². The summed E-state index contributed by atoms with van der Waals surface area (Å²) >= 11 is 5.18. The van der Waals surface area contributed by atoms with Crippen molar-refractivity contribution in [1.82, 2.24) is 9.97 Å². The first kappa shape index (κ1) is 13.7. The Bertz CT molecular complexity index is 638. The maximum atomic E-state index is 5.21. The van der Waals surface area contributed by atoms with E-state index < -0.39 is 0 Å². The molecule has 100 valence electrons. The van der Waals surface area contributed by atoms with Crippen molar-refractivity contribution in [3.05, 3.63) is 40.3 Å². The molecule has 4 nitrogen and oxygen atoms in total. The Kier molecular flexibility index (Phi) is 4.29. The lowest BCUT2D eigenvalue weighted by molar-refractivity contribution is 0.177. The summed E-state index contributed by atoms with van der Waals surface area (Å²) in [7, 11) is 3.29. The van der Waals surface area contributed by atoms with Crippen LogP contribution in [0.5, 0.6) is 5.75 Å². The van der Waals surface area contributed by atoms with Gasteiger partial charge in [0.15, 0.2) is 0 Å². The summed E-state index contributed by atoms with van der Waals surface area (Å²) < 4.78 is 10.8. The number of aromatic amines is 1. The van der Waals surface area contributed by atoms with Crippen LogP contribution in [-0.4, -0.2) is 24.2 Å². The number of nitrogens with zero attached hydrogens (tertiary/aromatic N) is 1. The summed E-state index contributed by atoms with van der Waals surface area (Å²) in [6.45, 7) is 2.44. The molecule has 1 aromatic heterocycles. The molecule has 2 aromatic rings. The highest BCUT2D eigenvalue weighted by Gasteiger charge is 2.06. The van der Waals surface area contributed by atoms with E-state index in [1.54, 1.807) is 14.2 Å². The van der Waals surface area contributed by atoms with E-state index in [4.69, 9.17) is 21.7 Å². The highest BCUT2D eigenvalue weighted by atomic mass is 32.1. The van der Waals surface area contributed by atoms with Gasteiger partial charge in [0, 0.05) is 12.7 Å². The van der Waals surface area contributed by atoms with Gasteiger partial charge >= 0.3 is 0 Å². The third-order valence-electron chi connectivity index (χ3n) is 2.80. The molecular formula is C14H16N2O2S. The number of nitrogens with one attached hydrogen (secondary N) is 1. The van der Waals surface area contributed by atoms with E-state index in [-0.39, 0.29) is 0 Å². The minimum atomic E-state index is 0.409. The number of H-pyrrole nitrogens is 1. The lowest BCUT2D eigenvalue weighted by Gasteiger charge is -2.10. The Morgan fingerprint density at radius 3 is 2.68 bits per heavy atom. The van der Waals surface area contributed by atoms with Crippen LogP contribution in [0.1, 0.15) is 11.4 Å². The molecule has 0 aliphatic rings. The van der Waals surface area contributed by atoms with Gasteiger partial charge in [0.2, 0.25) is 0 Å². The molecule has 0 fully saturated rings. The van der Waals surface area contributed by atoms with Gasteiger partial charge in [-0.25, -0.2) is 4.98 Å². The molecule has 0 atom stereocenters. The highest BCUT2D eigenvalue weighted by Crippen LogP contribution is 2.25. The average Bonchev–Trinajstić information content (AvgIpc) is 2.38. The summed E-state index contributed by atoms with van der Waals surface area (Å²) in [6, 6.07) is 7.77. The van der Waals surface area contributed by atoms with E-state index in [1.165, 1.54) is 0 Å². The zero-order chi connectivity index (χ0) is 13.8. The van der Waals surface area contributed by atoms with Crippen molar-refractivity contribution in [2.75, 3.05) is 14.2 Å². The fourth-order valence-corrected chi connectivity index (χ4v) is 2.15. The lowest BCUT2D eigenvalue weighted by Crippen LogP contribution is -1.99. The Hall–Kier alpha value is -1.72. The van der Waals surface area contributed by atoms with Crippen molar-refractivity contribution in [1.29, 1.82) is 0 Å². The second-order valence-corrected chi connectivity index (χ2v) is 4.61. The highest BCUT2D eigenvalue weighted by molar-refractivity contribution is 7.71. The minimum absolute atomic E-state index is 0.409. The Labute approximate surface area is 117 Å². The number of ether oxygens (including phenoxy) is 2. The van der Waals surface area contributed by atoms with Gasteiger partial charge in [-0.2, -0.15) is 0 Å².